The lowest BCUT2D eigenvalue weighted by molar-refractivity contribution is -0.145. The molecule has 0 bridgehead atoms. The highest BCUT2D eigenvalue weighted by Crippen LogP contribution is 2.54. The van der Waals surface area contributed by atoms with Crippen LogP contribution in [0.5, 0.6) is 0 Å². The third-order valence-corrected chi connectivity index (χ3v) is 7.88. The number of carbonyl (C=O) groups is 1. The Balaban J connectivity index is 1.27. The summed E-state index contributed by atoms with van der Waals surface area (Å²) in [7, 11) is 0. The van der Waals surface area contributed by atoms with E-state index in [1.165, 1.54) is 19.3 Å². The SMILES string of the molecule is CC1CCCC2(C)CC3OC(=O)C(CN4CCN(c5ccccn5)CC4)C3C=C12. The monoisotopic (exact) mass is 395 g/mol. The van der Waals surface area contributed by atoms with Crippen LogP contribution in [-0.2, 0) is 9.53 Å². The fraction of sp³-hybridized carbons (Fsp3) is 0.667. The molecule has 1 aromatic heterocycles. The highest BCUT2D eigenvalue weighted by molar-refractivity contribution is 5.76. The minimum absolute atomic E-state index is 0.00687. The van der Waals surface area contributed by atoms with Gasteiger partial charge in [-0.2, -0.15) is 0 Å². The Morgan fingerprint density at radius 2 is 2.07 bits per heavy atom. The van der Waals surface area contributed by atoms with Crippen molar-refractivity contribution in [1.29, 1.82) is 0 Å². The van der Waals surface area contributed by atoms with Gasteiger partial charge in [0.2, 0.25) is 0 Å². The van der Waals surface area contributed by atoms with E-state index in [1.807, 2.05) is 18.3 Å². The molecule has 2 saturated heterocycles. The highest BCUT2D eigenvalue weighted by Gasteiger charge is 2.52. The summed E-state index contributed by atoms with van der Waals surface area (Å²) in [4.78, 5) is 22.1. The van der Waals surface area contributed by atoms with Gasteiger partial charge in [-0.25, -0.2) is 4.98 Å². The van der Waals surface area contributed by atoms with Crippen molar-refractivity contribution in [2.45, 2.75) is 45.6 Å². The quantitative estimate of drug-likeness (QED) is 0.579. The number of hydrogen-bond donors (Lipinski definition) is 0. The molecule has 5 rings (SSSR count). The number of aromatic nitrogens is 1. The summed E-state index contributed by atoms with van der Waals surface area (Å²) < 4.78 is 5.93. The average Bonchev–Trinajstić information content (AvgIpc) is 3.01. The van der Waals surface area contributed by atoms with Crippen molar-refractivity contribution in [3.05, 3.63) is 36.0 Å². The Labute approximate surface area is 174 Å². The van der Waals surface area contributed by atoms with E-state index in [0.717, 1.165) is 45.0 Å². The number of esters is 1. The molecule has 0 spiro atoms. The Kier molecular flexibility index (Phi) is 4.89. The van der Waals surface area contributed by atoms with Crippen molar-refractivity contribution in [1.82, 2.24) is 9.88 Å². The predicted molar refractivity (Wildman–Crippen MR) is 114 cm³/mol. The molecule has 0 N–H and O–H groups in total. The Morgan fingerprint density at radius 1 is 1.24 bits per heavy atom. The molecule has 3 fully saturated rings. The van der Waals surface area contributed by atoms with Gasteiger partial charge in [-0.1, -0.05) is 38.0 Å². The fourth-order valence-electron chi connectivity index (χ4n) is 6.24. The van der Waals surface area contributed by atoms with E-state index in [4.69, 9.17) is 4.74 Å². The molecule has 156 valence electrons. The van der Waals surface area contributed by atoms with Gasteiger partial charge in [0.25, 0.3) is 0 Å². The van der Waals surface area contributed by atoms with E-state index in [2.05, 4.69) is 40.8 Å². The third-order valence-electron chi connectivity index (χ3n) is 7.88. The summed E-state index contributed by atoms with van der Waals surface area (Å²) in [6.07, 6.45) is 9.25. The number of anilines is 1. The topological polar surface area (TPSA) is 45.7 Å². The largest absolute Gasteiger partial charge is 0.461 e. The molecule has 2 aliphatic heterocycles. The molecule has 4 aliphatic rings. The van der Waals surface area contributed by atoms with Crippen molar-refractivity contribution >= 4 is 11.8 Å². The van der Waals surface area contributed by atoms with Crippen molar-refractivity contribution < 1.29 is 9.53 Å². The standard InChI is InChI=1S/C24H33N3O2/c1-17-6-5-8-24(2)15-21-18(14-20(17)24)19(23(28)29-21)16-26-10-12-27(13-11-26)22-7-3-4-9-25-22/h3-4,7,9,14,17-19,21H,5-6,8,10-13,15-16H2,1-2H3. The molecular weight excluding hydrogens is 362 g/mol. The summed E-state index contributed by atoms with van der Waals surface area (Å²) in [5.74, 6) is 1.98. The summed E-state index contributed by atoms with van der Waals surface area (Å²) >= 11 is 0. The predicted octanol–water partition coefficient (Wildman–Crippen LogP) is 3.52. The lowest BCUT2D eigenvalue weighted by Crippen LogP contribution is -2.49. The zero-order chi connectivity index (χ0) is 20.0. The molecule has 29 heavy (non-hydrogen) atoms. The zero-order valence-corrected chi connectivity index (χ0v) is 17.7. The van der Waals surface area contributed by atoms with Crippen LogP contribution in [0, 0.1) is 23.2 Å². The summed E-state index contributed by atoms with van der Waals surface area (Å²) in [5, 5.41) is 0. The van der Waals surface area contributed by atoms with E-state index in [9.17, 15) is 4.79 Å². The molecule has 1 aromatic rings. The molecule has 2 aliphatic carbocycles. The second-order valence-electron chi connectivity index (χ2n) is 9.81. The first-order chi connectivity index (χ1) is 14.0. The van der Waals surface area contributed by atoms with Crippen molar-refractivity contribution in [2.75, 3.05) is 37.6 Å². The number of nitrogens with zero attached hydrogens (tertiary/aromatic N) is 3. The van der Waals surface area contributed by atoms with Crippen LogP contribution < -0.4 is 4.90 Å². The van der Waals surface area contributed by atoms with Crippen LogP contribution in [0.3, 0.4) is 0 Å². The molecule has 5 unspecified atom stereocenters. The smallest absolute Gasteiger partial charge is 0.311 e. The lowest BCUT2D eigenvalue weighted by Gasteiger charge is -2.46. The molecule has 5 nitrogen and oxygen atoms in total. The van der Waals surface area contributed by atoms with Crippen LogP contribution in [0.4, 0.5) is 5.82 Å². The molecule has 1 saturated carbocycles. The molecule has 3 heterocycles. The van der Waals surface area contributed by atoms with E-state index < -0.39 is 0 Å². The maximum absolute atomic E-state index is 12.8. The molecule has 0 amide bonds. The number of fused-ring (bicyclic) bond motifs is 2. The number of pyridine rings is 1. The Bertz CT molecular complexity index is 787. The molecule has 0 aromatic carbocycles. The second kappa shape index (κ2) is 7.42. The van der Waals surface area contributed by atoms with Gasteiger partial charge in [0.15, 0.2) is 0 Å². The third kappa shape index (κ3) is 3.48. The van der Waals surface area contributed by atoms with Crippen molar-refractivity contribution in [3.8, 4) is 0 Å². The Morgan fingerprint density at radius 3 is 2.83 bits per heavy atom. The fourth-order valence-corrected chi connectivity index (χ4v) is 6.24. The van der Waals surface area contributed by atoms with Crippen LogP contribution in [0.25, 0.3) is 0 Å². The zero-order valence-electron chi connectivity index (χ0n) is 17.7. The number of rotatable bonds is 3. The number of piperazine rings is 1. The lowest BCUT2D eigenvalue weighted by atomic mass is 9.59. The van der Waals surface area contributed by atoms with Gasteiger partial charge in [0.1, 0.15) is 11.9 Å². The van der Waals surface area contributed by atoms with E-state index in [0.29, 0.717) is 5.92 Å². The van der Waals surface area contributed by atoms with Crippen LogP contribution in [-0.4, -0.2) is 54.7 Å². The highest BCUT2D eigenvalue weighted by atomic mass is 16.6. The summed E-state index contributed by atoms with van der Waals surface area (Å²) in [6, 6.07) is 6.07. The van der Waals surface area contributed by atoms with Gasteiger partial charge in [-0.3, -0.25) is 9.69 Å². The van der Waals surface area contributed by atoms with E-state index >= 15 is 0 Å². The molecule has 5 atom stereocenters. The van der Waals surface area contributed by atoms with Crippen LogP contribution in [0.15, 0.2) is 36.0 Å². The van der Waals surface area contributed by atoms with Gasteiger partial charge in [-0.15, -0.1) is 0 Å². The maximum Gasteiger partial charge on any atom is 0.311 e. The number of hydrogen-bond acceptors (Lipinski definition) is 5. The number of ether oxygens (including phenoxy) is 1. The first-order valence-electron chi connectivity index (χ1n) is 11.3. The first kappa shape index (κ1) is 19.1. The Hall–Kier alpha value is -1.88. The average molecular weight is 396 g/mol. The maximum atomic E-state index is 12.8. The van der Waals surface area contributed by atoms with Gasteiger partial charge < -0.3 is 9.64 Å². The van der Waals surface area contributed by atoms with Crippen molar-refractivity contribution in [3.63, 3.8) is 0 Å². The summed E-state index contributed by atoms with van der Waals surface area (Å²) in [6.45, 7) is 9.46. The van der Waals surface area contributed by atoms with Gasteiger partial charge in [0, 0.05) is 44.8 Å². The minimum Gasteiger partial charge on any atom is -0.461 e. The number of carbonyl (C=O) groups excluding carboxylic acids is 1. The van der Waals surface area contributed by atoms with Gasteiger partial charge >= 0.3 is 5.97 Å². The minimum atomic E-state index is -0.00687. The molecular formula is C24H33N3O2. The summed E-state index contributed by atoms with van der Waals surface area (Å²) in [5.41, 5.74) is 1.84. The van der Waals surface area contributed by atoms with Crippen molar-refractivity contribution in [2.24, 2.45) is 23.2 Å². The number of allylic oxidation sites excluding steroid dienone is 1. The van der Waals surface area contributed by atoms with Gasteiger partial charge in [-0.05, 0) is 42.7 Å². The van der Waals surface area contributed by atoms with E-state index in [-0.39, 0.29) is 29.3 Å². The van der Waals surface area contributed by atoms with Gasteiger partial charge in [0.05, 0.1) is 5.92 Å². The van der Waals surface area contributed by atoms with Crippen LogP contribution >= 0.6 is 0 Å². The molecule has 0 radical (unpaired) electrons. The van der Waals surface area contributed by atoms with Crippen LogP contribution in [0.2, 0.25) is 0 Å². The first-order valence-corrected chi connectivity index (χ1v) is 11.3. The van der Waals surface area contributed by atoms with E-state index in [1.54, 1.807) is 5.57 Å². The normalized spacial score (nSPS) is 37.5. The van der Waals surface area contributed by atoms with Crippen LogP contribution in [0.1, 0.15) is 39.5 Å². The molecule has 5 heteroatoms. The second-order valence-corrected chi connectivity index (χ2v) is 9.81.